The van der Waals surface area contributed by atoms with E-state index in [9.17, 15) is 8.42 Å². The molecular formula is C12H24N2O2S. The van der Waals surface area contributed by atoms with Crippen LogP contribution < -0.4 is 5.32 Å². The van der Waals surface area contributed by atoms with Gasteiger partial charge >= 0.3 is 0 Å². The first-order valence-corrected chi connectivity index (χ1v) is 8.52. The molecule has 100 valence electrons. The predicted octanol–water partition coefficient (Wildman–Crippen LogP) is 0.638. The molecule has 4 nitrogen and oxygen atoms in total. The lowest BCUT2D eigenvalue weighted by Gasteiger charge is -2.45. The van der Waals surface area contributed by atoms with Crippen LogP contribution in [0.2, 0.25) is 0 Å². The van der Waals surface area contributed by atoms with E-state index in [1.54, 1.807) is 0 Å². The minimum Gasteiger partial charge on any atom is -0.309 e. The van der Waals surface area contributed by atoms with Crippen molar-refractivity contribution in [2.24, 2.45) is 0 Å². The lowest BCUT2D eigenvalue weighted by atomic mass is 9.89. The number of piperazine rings is 1. The van der Waals surface area contributed by atoms with Gasteiger partial charge in [0, 0.05) is 31.2 Å². The monoisotopic (exact) mass is 260 g/mol. The molecule has 1 N–H and O–H groups in total. The van der Waals surface area contributed by atoms with Crippen molar-refractivity contribution in [2.75, 3.05) is 31.1 Å². The average Bonchev–Trinajstić information content (AvgIpc) is 2.70. The smallest absolute Gasteiger partial charge is 0.151 e. The highest BCUT2D eigenvalue weighted by atomic mass is 32.2. The topological polar surface area (TPSA) is 49.4 Å². The number of hydrogen-bond donors (Lipinski definition) is 1. The fourth-order valence-electron chi connectivity index (χ4n) is 3.09. The van der Waals surface area contributed by atoms with Crippen molar-refractivity contribution in [1.82, 2.24) is 10.2 Å². The first-order chi connectivity index (χ1) is 8.00. The average molecular weight is 260 g/mol. The van der Waals surface area contributed by atoms with E-state index >= 15 is 0 Å². The van der Waals surface area contributed by atoms with Crippen LogP contribution in [0.1, 0.15) is 33.1 Å². The number of rotatable bonds is 3. The van der Waals surface area contributed by atoms with E-state index in [1.807, 2.05) is 0 Å². The zero-order valence-corrected chi connectivity index (χ0v) is 11.7. The third kappa shape index (κ3) is 2.83. The van der Waals surface area contributed by atoms with Crippen LogP contribution in [0.5, 0.6) is 0 Å². The van der Waals surface area contributed by atoms with Crippen molar-refractivity contribution in [2.45, 2.75) is 44.7 Å². The van der Waals surface area contributed by atoms with E-state index in [1.165, 1.54) is 0 Å². The van der Waals surface area contributed by atoms with Crippen LogP contribution in [0.15, 0.2) is 0 Å². The Hall–Kier alpha value is -0.130. The minimum absolute atomic E-state index is 0.199. The van der Waals surface area contributed by atoms with Gasteiger partial charge in [0.05, 0.1) is 11.5 Å². The highest BCUT2D eigenvalue weighted by Crippen LogP contribution is 2.25. The van der Waals surface area contributed by atoms with E-state index in [4.69, 9.17) is 0 Å². The molecule has 5 heteroatoms. The van der Waals surface area contributed by atoms with E-state index in [2.05, 4.69) is 24.1 Å². The maximum absolute atomic E-state index is 11.5. The summed E-state index contributed by atoms with van der Waals surface area (Å²) in [4.78, 5) is 2.40. The molecule has 0 bridgehead atoms. The molecule has 0 aliphatic carbocycles. The highest BCUT2D eigenvalue weighted by Gasteiger charge is 2.38. The molecule has 1 unspecified atom stereocenters. The van der Waals surface area contributed by atoms with E-state index in [-0.39, 0.29) is 11.6 Å². The Morgan fingerprint density at radius 2 is 2.06 bits per heavy atom. The van der Waals surface area contributed by atoms with Crippen LogP contribution in [0.3, 0.4) is 0 Å². The van der Waals surface area contributed by atoms with Gasteiger partial charge in [-0.25, -0.2) is 8.42 Å². The summed E-state index contributed by atoms with van der Waals surface area (Å²) in [7, 11) is -2.76. The van der Waals surface area contributed by atoms with Gasteiger partial charge in [0.25, 0.3) is 0 Å². The summed E-state index contributed by atoms with van der Waals surface area (Å²) < 4.78 is 23.1. The van der Waals surface area contributed by atoms with E-state index < -0.39 is 9.84 Å². The molecule has 17 heavy (non-hydrogen) atoms. The summed E-state index contributed by atoms with van der Waals surface area (Å²) >= 11 is 0. The molecule has 0 spiro atoms. The molecule has 0 saturated carbocycles. The van der Waals surface area contributed by atoms with Crippen LogP contribution in [0.4, 0.5) is 0 Å². The number of sulfone groups is 1. The largest absolute Gasteiger partial charge is 0.309 e. The quantitative estimate of drug-likeness (QED) is 0.809. The molecule has 0 aromatic heterocycles. The summed E-state index contributed by atoms with van der Waals surface area (Å²) in [6.45, 7) is 7.40. The SMILES string of the molecule is CCC1(CC)CN(C2CCS(=O)(=O)C2)CCN1. The van der Waals surface area contributed by atoms with Crippen LogP contribution in [-0.4, -0.2) is 56.0 Å². The summed E-state index contributed by atoms with van der Waals surface area (Å²) in [6, 6.07) is 0.263. The van der Waals surface area contributed by atoms with Crippen molar-refractivity contribution in [3.63, 3.8) is 0 Å². The van der Waals surface area contributed by atoms with Crippen molar-refractivity contribution in [3.05, 3.63) is 0 Å². The molecule has 2 saturated heterocycles. The third-order valence-electron chi connectivity index (χ3n) is 4.48. The first-order valence-electron chi connectivity index (χ1n) is 6.70. The van der Waals surface area contributed by atoms with Crippen molar-refractivity contribution in [3.8, 4) is 0 Å². The van der Waals surface area contributed by atoms with Gasteiger partial charge in [-0.2, -0.15) is 0 Å². The normalized spacial score (nSPS) is 32.7. The summed E-state index contributed by atoms with van der Waals surface area (Å²) in [5.41, 5.74) is 0.199. The van der Waals surface area contributed by atoms with Gasteiger partial charge in [-0.3, -0.25) is 4.90 Å². The van der Waals surface area contributed by atoms with Crippen molar-refractivity contribution >= 4 is 9.84 Å². The van der Waals surface area contributed by atoms with Crippen LogP contribution >= 0.6 is 0 Å². The second-order valence-corrected chi connectivity index (χ2v) is 7.67. The highest BCUT2D eigenvalue weighted by molar-refractivity contribution is 7.91. The second-order valence-electron chi connectivity index (χ2n) is 5.44. The Labute approximate surface area is 105 Å². The van der Waals surface area contributed by atoms with E-state index in [0.717, 1.165) is 38.9 Å². The van der Waals surface area contributed by atoms with Gasteiger partial charge in [-0.1, -0.05) is 13.8 Å². The van der Waals surface area contributed by atoms with Crippen molar-refractivity contribution in [1.29, 1.82) is 0 Å². The Kier molecular flexibility index (Phi) is 3.80. The molecular weight excluding hydrogens is 236 g/mol. The standard InChI is InChI=1S/C12H24N2O2S/c1-3-12(4-2)10-14(7-6-13-12)11-5-8-17(15,16)9-11/h11,13H,3-10H2,1-2H3. The molecule has 0 aromatic rings. The fourth-order valence-corrected chi connectivity index (χ4v) is 4.85. The molecule has 2 aliphatic heterocycles. The molecule has 1 atom stereocenters. The van der Waals surface area contributed by atoms with Gasteiger partial charge in [0.1, 0.15) is 0 Å². The molecule has 0 amide bonds. The van der Waals surface area contributed by atoms with Gasteiger partial charge in [0.2, 0.25) is 0 Å². The van der Waals surface area contributed by atoms with Crippen LogP contribution in [0.25, 0.3) is 0 Å². The molecule has 0 aromatic carbocycles. The molecule has 2 aliphatic rings. The number of nitrogens with zero attached hydrogens (tertiary/aromatic N) is 1. The maximum Gasteiger partial charge on any atom is 0.151 e. The maximum atomic E-state index is 11.5. The lowest BCUT2D eigenvalue weighted by Crippen LogP contribution is -2.62. The number of nitrogens with one attached hydrogen (secondary N) is 1. The Balaban J connectivity index is 2.03. The molecule has 2 rings (SSSR count). The Morgan fingerprint density at radius 1 is 1.35 bits per heavy atom. The Bertz CT molecular complexity index is 363. The van der Waals surface area contributed by atoms with Gasteiger partial charge < -0.3 is 5.32 Å². The third-order valence-corrected chi connectivity index (χ3v) is 6.23. The van der Waals surface area contributed by atoms with E-state index in [0.29, 0.717) is 11.5 Å². The Morgan fingerprint density at radius 3 is 2.59 bits per heavy atom. The van der Waals surface area contributed by atoms with Gasteiger partial charge in [-0.15, -0.1) is 0 Å². The second kappa shape index (κ2) is 4.86. The predicted molar refractivity (Wildman–Crippen MR) is 69.9 cm³/mol. The van der Waals surface area contributed by atoms with Crippen LogP contribution in [-0.2, 0) is 9.84 Å². The molecule has 2 fully saturated rings. The number of hydrogen-bond acceptors (Lipinski definition) is 4. The first kappa shape index (κ1) is 13.3. The zero-order valence-electron chi connectivity index (χ0n) is 10.9. The van der Waals surface area contributed by atoms with Crippen LogP contribution in [0, 0.1) is 0 Å². The molecule has 2 heterocycles. The summed E-state index contributed by atoms with van der Waals surface area (Å²) in [6.07, 6.45) is 3.05. The fraction of sp³-hybridized carbons (Fsp3) is 1.00. The summed E-state index contributed by atoms with van der Waals surface area (Å²) in [5, 5.41) is 3.62. The van der Waals surface area contributed by atoms with Gasteiger partial charge in [-0.05, 0) is 19.3 Å². The molecule has 0 radical (unpaired) electrons. The lowest BCUT2D eigenvalue weighted by molar-refractivity contribution is 0.0943. The minimum atomic E-state index is -2.76. The summed E-state index contributed by atoms with van der Waals surface area (Å²) in [5.74, 6) is 0.753. The van der Waals surface area contributed by atoms with Crippen molar-refractivity contribution < 1.29 is 8.42 Å². The zero-order chi connectivity index (χ0) is 12.5. The van der Waals surface area contributed by atoms with Gasteiger partial charge in [0.15, 0.2) is 9.84 Å².